The highest BCUT2D eigenvalue weighted by molar-refractivity contribution is 6.01. The largest absolute Gasteiger partial charge is 0.492 e. The number of carbonyl (C=O) groups excluding carboxylic acids is 2. The number of nitrogens with one attached hydrogen (secondary N) is 1. The topological polar surface area (TPSA) is 64.6 Å². The van der Waals surface area contributed by atoms with E-state index in [1.54, 1.807) is 25.1 Å². The monoisotopic (exact) mass is 423 g/mol. The maximum Gasteiger partial charge on any atom is 0.341 e. The average molecular weight is 424 g/mol. The number of hydrogen-bond donors (Lipinski definition) is 1. The number of rotatable bonds is 8. The fraction of sp³-hybridized carbons (Fsp3) is 0.462. The Kier molecular flexibility index (Phi) is 7.37. The van der Waals surface area contributed by atoms with Gasteiger partial charge in [-0.1, -0.05) is 56.5 Å². The Hall–Kier alpha value is -2.82. The number of carbonyl (C=O) groups is 2. The number of anilines is 1. The van der Waals surface area contributed by atoms with E-state index in [-0.39, 0.29) is 12.5 Å². The van der Waals surface area contributed by atoms with Crippen LogP contribution in [0, 0.1) is 12.8 Å². The third kappa shape index (κ3) is 5.27. The first-order valence-corrected chi connectivity index (χ1v) is 11.2. The van der Waals surface area contributed by atoms with Gasteiger partial charge in [0.1, 0.15) is 11.3 Å². The maximum atomic E-state index is 13.5. The summed E-state index contributed by atoms with van der Waals surface area (Å²) in [5.74, 6) is 0.318. The van der Waals surface area contributed by atoms with Crippen LogP contribution in [-0.4, -0.2) is 25.1 Å². The Labute approximate surface area is 185 Å². The van der Waals surface area contributed by atoms with Crippen molar-refractivity contribution in [1.29, 1.82) is 0 Å². The molecule has 0 aromatic heterocycles. The van der Waals surface area contributed by atoms with Crippen LogP contribution in [-0.2, 0) is 14.9 Å². The first kappa shape index (κ1) is 22.9. The molecule has 0 spiro atoms. The lowest BCUT2D eigenvalue weighted by atomic mass is 9.77. The lowest BCUT2D eigenvalue weighted by Crippen LogP contribution is -2.38. The first-order chi connectivity index (χ1) is 14.9. The Morgan fingerprint density at radius 2 is 1.84 bits per heavy atom. The minimum absolute atomic E-state index is 0.0266. The van der Waals surface area contributed by atoms with E-state index in [0.717, 1.165) is 36.8 Å². The second-order valence-electron chi connectivity index (χ2n) is 8.75. The van der Waals surface area contributed by atoms with E-state index in [9.17, 15) is 9.59 Å². The van der Waals surface area contributed by atoms with E-state index in [4.69, 9.17) is 9.47 Å². The van der Waals surface area contributed by atoms with Crippen LogP contribution in [0.5, 0.6) is 5.75 Å². The van der Waals surface area contributed by atoms with E-state index in [2.05, 4.69) is 11.4 Å². The van der Waals surface area contributed by atoms with Crippen molar-refractivity contribution in [3.05, 3.63) is 59.2 Å². The Morgan fingerprint density at radius 3 is 2.48 bits per heavy atom. The van der Waals surface area contributed by atoms with Crippen molar-refractivity contribution in [1.82, 2.24) is 0 Å². The molecular weight excluding hydrogens is 390 g/mol. The van der Waals surface area contributed by atoms with Crippen LogP contribution in [0.15, 0.2) is 42.5 Å². The van der Waals surface area contributed by atoms with E-state index in [1.807, 2.05) is 39.0 Å². The molecule has 0 aliphatic heterocycles. The number of amides is 1. The SMILES string of the molecule is CCOC(=O)c1cc(NC(=O)C2(c3cccc(C)c3)CCCC2)ccc1OCC(C)C. The molecule has 3 rings (SSSR count). The quantitative estimate of drug-likeness (QED) is 0.557. The highest BCUT2D eigenvalue weighted by Crippen LogP contribution is 2.42. The van der Waals surface area contributed by atoms with Gasteiger partial charge in [0.2, 0.25) is 5.91 Å². The van der Waals surface area contributed by atoms with Crippen molar-refractivity contribution < 1.29 is 19.1 Å². The van der Waals surface area contributed by atoms with Gasteiger partial charge >= 0.3 is 5.97 Å². The smallest absolute Gasteiger partial charge is 0.341 e. The van der Waals surface area contributed by atoms with E-state index in [0.29, 0.717) is 29.5 Å². The van der Waals surface area contributed by atoms with Crippen molar-refractivity contribution in [2.24, 2.45) is 5.92 Å². The normalized spacial score (nSPS) is 15.0. The third-order valence-electron chi connectivity index (χ3n) is 5.77. The Morgan fingerprint density at radius 1 is 1.10 bits per heavy atom. The van der Waals surface area contributed by atoms with Crippen LogP contribution in [0.3, 0.4) is 0 Å². The highest BCUT2D eigenvalue weighted by Gasteiger charge is 2.42. The van der Waals surface area contributed by atoms with Crippen molar-refractivity contribution in [3.63, 3.8) is 0 Å². The molecule has 1 N–H and O–H groups in total. The summed E-state index contributed by atoms with van der Waals surface area (Å²) >= 11 is 0. The van der Waals surface area contributed by atoms with Gasteiger partial charge in [-0.15, -0.1) is 0 Å². The number of aryl methyl sites for hydroxylation is 1. The van der Waals surface area contributed by atoms with Crippen molar-refractivity contribution in [3.8, 4) is 5.75 Å². The molecule has 1 amide bonds. The van der Waals surface area contributed by atoms with Crippen LogP contribution < -0.4 is 10.1 Å². The maximum absolute atomic E-state index is 13.5. The van der Waals surface area contributed by atoms with Crippen molar-refractivity contribution in [2.45, 2.75) is 58.8 Å². The molecule has 0 heterocycles. The number of ether oxygens (including phenoxy) is 2. The van der Waals surface area contributed by atoms with E-state index < -0.39 is 11.4 Å². The molecule has 0 radical (unpaired) electrons. The van der Waals surface area contributed by atoms with Crippen LogP contribution in [0.1, 0.15) is 67.9 Å². The molecule has 1 fully saturated rings. The van der Waals surface area contributed by atoms with Gasteiger partial charge in [0.15, 0.2) is 0 Å². The van der Waals surface area contributed by atoms with Gasteiger partial charge in [-0.2, -0.15) is 0 Å². The second kappa shape index (κ2) is 9.99. The number of esters is 1. The minimum Gasteiger partial charge on any atom is -0.492 e. The van der Waals surface area contributed by atoms with Gasteiger partial charge in [0.25, 0.3) is 0 Å². The molecule has 31 heavy (non-hydrogen) atoms. The fourth-order valence-electron chi connectivity index (χ4n) is 4.18. The molecule has 5 heteroatoms. The predicted octanol–water partition coefficient (Wildman–Crippen LogP) is 5.66. The molecule has 0 bridgehead atoms. The molecule has 2 aromatic rings. The zero-order valence-corrected chi connectivity index (χ0v) is 19.0. The molecule has 0 atom stereocenters. The first-order valence-electron chi connectivity index (χ1n) is 11.2. The molecule has 0 unspecified atom stereocenters. The zero-order chi connectivity index (χ0) is 22.4. The summed E-state index contributed by atoms with van der Waals surface area (Å²) in [6, 6.07) is 13.4. The average Bonchev–Trinajstić information content (AvgIpc) is 3.24. The van der Waals surface area contributed by atoms with Gasteiger partial charge in [-0.05, 0) is 56.4 Å². The zero-order valence-electron chi connectivity index (χ0n) is 19.0. The van der Waals surface area contributed by atoms with Gasteiger partial charge in [0, 0.05) is 5.69 Å². The molecule has 1 saturated carbocycles. The summed E-state index contributed by atoms with van der Waals surface area (Å²) in [5, 5.41) is 3.07. The Balaban J connectivity index is 1.89. The molecule has 1 aliphatic rings. The molecule has 1 aliphatic carbocycles. The lowest BCUT2D eigenvalue weighted by molar-refractivity contribution is -0.121. The summed E-state index contributed by atoms with van der Waals surface area (Å²) in [5.41, 5.74) is 2.57. The van der Waals surface area contributed by atoms with Gasteiger partial charge in [-0.3, -0.25) is 4.79 Å². The number of benzene rings is 2. The lowest BCUT2D eigenvalue weighted by Gasteiger charge is -2.29. The summed E-state index contributed by atoms with van der Waals surface area (Å²) < 4.78 is 11.0. The Bertz CT molecular complexity index is 929. The number of hydrogen-bond acceptors (Lipinski definition) is 4. The van der Waals surface area contributed by atoms with E-state index >= 15 is 0 Å². The van der Waals surface area contributed by atoms with Gasteiger partial charge in [0.05, 0.1) is 18.6 Å². The standard InChI is InChI=1S/C26H33NO4/c1-5-30-24(28)22-16-21(11-12-23(22)31-17-18(2)3)27-25(29)26(13-6-7-14-26)20-10-8-9-19(4)15-20/h8-12,15-16,18H,5-7,13-14,17H2,1-4H3,(H,27,29). The van der Waals surface area contributed by atoms with E-state index in [1.165, 1.54) is 0 Å². The predicted molar refractivity (Wildman–Crippen MR) is 123 cm³/mol. The molecule has 166 valence electrons. The molecule has 0 saturated heterocycles. The highest BCUT2D eigenvalue weighted by atomic mass is 16.5. The third-order valence-corrected chi connectivity index (χ3v) is 5.77. The second-order valence-corrected chi connectivity index (χ2v) is 8.75. The van der Waals surface area contributed by atoms with Crippen LogP contribution in [0.4, 0.5) is 5.69 Å². The summed E-state index contributed by atoms with van der Waals surface area (Å²) in [6.07, 6.45) is 3.69. The van der Waals surface area contributed by atoms with Crippen LogP contribution >= 0.6 is 0 Å². The van der Waals surface area contributed by atoms with Crippen molar-refractivity contribution >= 4 is 17.6 Å². The van der Waals surface area contributed by atoms with Gasteiger partial charge < -0.3 is 14.8 Å². The van der Waals surface area contributed by atoms with Gasteiger partial charge in [-0.25, -0.2) is 4.79 Å². The molecular formula is C26H33NO4. The fourth-order valence-corrected chi connectivity index (χ4v) is 4.18. The van der Waals surface area contributed by atoms with Crippen molar-refractivity contribution in [2.75, 3.05) is 18.5 Å². The molecule has 2 aromatic carbocycles. The minimum atomic E-state index is -0.539. The summed E-state index contributed by atoms with van der Waals surface area (Å²) in [4.78, 5) is 26.0. The van der Waals surface area contributed by atoms with Crippen LogP contribution in [0.2, 0.25) is 0 Å². The summed E-state index contributed by atoms with van der Waals surface area (Å²) in [6.45, 7) is 8.68. The summed E-state index contributed by atoms with van der Waals surface area (Å²) in [7, 11) is 0. The van der Waals surface area contributed by atoms with Crippen LogP contribution in [0.25, 0.3) is 0 Å². The molecule has 5 nitrogen and oxygen atoms in total.